The van der Waals surface area contributed by atoms with E-state index in [-0.39, 0.29) is 28.3 Å². The first-order valence-electron chi connectivity index (χ1n) is 10.5. The fourth-order valence-corrected chi connectivity index (χ4v) is 4.46. The molecule has 2 atom stereocenters. The molecule has 176 valence electrons. The predicted molar refractivity (Wildman–Crippen MR) is 121 cm³/mol. The molecule has 2 aliphatic heterocycles. The number of anilines is 2. The normalized spacial score (nSPS) is 17.9. The number of carbonyl (C=O) groups excluding carboxylic acids is 3. The highest BCUT2D eigenvalue weighted by molar-refractivity contribution is 7.09. The van der Waals surface area contributed by atoms with Gasteiger partial charge < -0.3 is 31.0 Å². The zero-order chi connectivity index (χ0) is 23.5. The van der Waals surface area contributed by atoms with Gasteiger partial charge in [-0.15, -0.1) is 0 Å². The molecule has 1 fully saturated rings. The molecule has 1 aromatic heterocycles. The van der Waals surface area contributed by atoms with Crippen LogP contribution in [-0.2, 0) is 9.53 Å². The van der Waals surface area contributed by atoms with Crippen molar-refractivity contribution in [3.63, 3.8) is 0 Å². The first-order valence-corrected chi connectivity index (χ1v) is 11.3. The van der Waals surface area contributed by atoms with E-state index >= 15 is 0 Å². The Morgan fingerprint density at radius 2 is 2.00 bits per heavy atom. The number of aromatic nitrogens is 1. The number of nitrogens with one attached hydrogen (secondary N) is 1. The Morgan fingerprint density at radius 3 is 2.67 bits per heavy atom. The Balaban J connectivity index is 1.65. The second-order valence-corrected chi connectivity index (χ2v) is 8.47. The smallest absolute Gasteiger partial charge is 0.272 e. The van der Waals surface area contributed by atoms with Crippen molar-refractivity contribution in [1.82, 2.24) is 9.69 Å². The fourth-order valence-electron chi connectivity index (χ4n) is 3.72. The van der Waals surface area contributed by atoms with Gasteiger partial charge in [0.1, 0.15) is 24.1 Å². The molecule has 11 nitrogen and oxygen atoms in total. The molecule has 0 saturated carbocycles. The van der Waals surface area contributed by atoms with Crippen molar-refractivity contribution in [3.8, 4) is 11.5 Å². The van der Waals surface area contributed by atoms with Crippen LogP contribution in [0, 0.1) is 0 Å². The summed E-state index contributed by atoms with van der Waals surface area (Å²) in [6.45, 7) is 3.41. The third kappa shape index (κ3) is 4.71. The summed E-state index contributed by atoms with van der Waals surface area (Å²) in [5.74, 6) is -0.795. The molecule has 1 aromatic carbocycles. The molecule has 1 saturated heterocycles. The summed E-state index contributed by atoms with van der Waals surface area (Å²) in [6.07, 6.45) is 1.77. The number of nitrogens with zero attached hydrogens (tertiary/aromatic N) is 2. The largest absolute Gasteiger partial charge is 0.486 e. The molecule has 4 rings (SSSR count). The highest BCUT2D eigenvalue weighted by Crippen LogP contribution is 2.36. The van der Waals surface area contributed by atoms with Gasteiger partial charge in [0.25, 0.3) is 11.8 Å². The maximum Gasteiger partial charge on any atom is 0.272 e. The number of amides is 3. The number of ether oxygens (including phenoxy) is 3. The minimum atomic E-state index is -0.917. The lowest BCUT2D eigenvalue weighted by Crippen LogP contribution is -2.49. The fraction of sp³-hybridized carbons (Fsp3) is 0.429. The highest BCUT2D eigenvalue weighted by Gasteiger charge is 2.33. The van der Waals surface area contributed by atoms with Gasteiger partial charge in [-0.1, -0.05) is 0 Å². The summed E-state index contributed by atoms with van der Waals surface area (Å²) in [7, 11) is 0. The first-order chi connectivity index (χ1) is 15.9. The number of benzene rings is 1. The van der Waals surface area contributed by atoms with E-state index in [1.54, 1.807) is 25.1 Å². The minimum absolute atomic E-state index is 0.0115. The van der Waals surface area contributed by atoms with Crippen molar-refractivity contribution in [2.75, 3.05) is 37.0 Å². The molecule has 3 heterocycles. The predicted octanol–water partition coefficient (Wildman–Crippen LogP) is 0.926. The third-order valence-corrected chi connectivity index (χ3v) is 6.32. The van der Waals surface area contributed by atoms with Crippen LogP contribution in [0.15, 0.2) is 18.2 Å². The molecule has 12 heteroatoms. The van der Waals surface area contributed by atoms with Crippen molar-refractivity contribution in [1.29, 1.82) is 0 Å². The molecule has 0 unspecified atom stereocenters. The molecule has 0 bridgehead atoms. The molecule has 0 radical (unpaired) electrons. The van der Waals surface area contributed by atoms with E-state index < -0.39 is 17.9 Å². The molecule has 2 aliphatic rings. The standard InChI is InChI=1S/C21H25N5O6S/c1-11(20(28)24-10-13-3-2-6-30-13)26(12-4-5-14-15(9-12)32-8-7-31-14)21(29)18-16(22)17(19(23)27)25-33-18/h4-5,9,11,13H,2-3,6-8,10,22H2,1H3,(H2,23,27)(H,24,28)/t11-,13+/m0/s1. The monoisotopic (exact) mass is 475 g/mol. The Kier molecular flexibility index (Phi) is 6.65. The summed E-state index contributed by atoms with van der Waals surface area (Å²) in [4.78, 5) is 39.4. The molecular weight excluding hydrogens is 450 g/mol. The Bertz CT molecular complexity index is 1070. The number of hydrogen-bond acceptors (Lipinski definition) is 9. The van der Waals surface area contributed by atoms with Gasteiger partial charge in [-0.3, -0.25) is 19.3 Å². The van der Waals surface area contributed by atoms with Crippen LogP contribution in [0.3, 0.4) is 0 Å². The van der Waals surface area contributed by atoms with Crippen molar-refractivity contribution >= 4 is 40.6 Å². The average molecular weight is 476 g/mol. The van der Waals surface area contributed by atoms with Crippen molar-refractivity contribution in [2.45, 2.75) is 31.9 Å². The summed E-state index contributed by atoms with van der Waals surface area (Å²) in [6, 6.07) is 4.04. The molecule has 5 N–H and O–H groups in total. The lowest BCUT2D eigenvalue weighted by atomic mass is 10.1. The van der Waals surface area contributed by atoms with E-state index in [1.807, 2.05) is 0 Å². The summed E-state index contributed by atoms with van der Waals surface area (Å²) in [5, 5.41) is 2.85. The van der Waals surface area contributed by atoms with Gasteiger partial charge in [0.15, 0.2) is 17.2 Å². The lowest BCUT2D eigenvalue weighted by Gasteiger charge is -2.30. The Hall–Kier alpha value is -3.38. The van der Waals surface area contributed by atoms with Gasteiger partial charge in [-0.05, 0) is 43.4 Å². The number of carbonyl (C=O) groups is 3. The molecule has 33 heavy (non-hydrogen) atoms. The maximum absolute atomic E-state index is 13.6. The van der Waals surface area contributed by atoms with E-state index in [4.69, 9.17) is 25.7 Å². The summed E-state index contributed by atoms with van der Waals surface area (Å²) >= 11 is 0.753. The summed E-state index contributed by atoms with van der Waals surface area (Å²) in [5.41, 5.74) is 11.4. The molecule has 3 amide bonds. The third-order valence-electron chi connectivity index (χ3n) is 5.47. The van der Waals surface area contributed by atoms with E-state index in [1.165, 1.54) is 4.90 Å². The van der Waals surface area contributed by atoms with Gasteiger partial charge in [-0.25, -0.2) is 0 Å². The van der Waals surface area contributed by atoms with Crippen molar-refractivity contribution in [3.05, 3.63) is 28.8 Å². The van der Waals surface area contributed by atoms with Crippen LogP contribution in [0.2, 0.25) is 0 Å². The van der Waals surface area contributed by atoms with E-state index in [0.29, 0.717) is 43.6 Å². The van der Waals surface area contributed by atoms with Crippen LogP contribution in [0.1, 0.15) is 39.9 Å². The quantitative estimate of drug-likeness (QED) is 0.533. The van der Waals surface area contributed by atoms with Crippen LogP contribution in [0.5, 0.6) is 11.5 Å². The van der Waals surface area contributed by atoms with Crippen molar-refractivity contribution in [2.24, 2.45) is 5.73 Å². The Labute approximate surface area is 194 Å². The molecule has 0 spiro atoms. The van der Waals surface area contributed by atoms with Crippen LogP contribution in [-0.4, -0.2) is 60.6 Å². The number of hydrogen-bond donors (Lipinski definition) is 3. The zero-order valence-electron chi connectivity index (χ0n) is 18.0. The minimum Gasteiger partial charge on any atom is -0.486 e. The van der Waals surface area contributed by atoms with Crippen molar-refractivity contribution < 1.29 is 28.6 Å². The van der Waals surface area contributed by atoms with Crippen LogP contribution in [0.25, 0.3) is 0 Å². The number of nitrogens with two attached hydrogens (primary N) is 2. The molecule has 0 aliphatic carbocycles. The lowest BCUT2D eigenvalue weighted by molar-refractivity contribution is -0.122. The van der Waals surface area contributed by atoms with Gasteiger partial charge in [0.05, 0.1) is 11.8 Å². The van der Waals surface area contributed by atoms with Gasteiger partial charge in [0.2, 0.25) is 5.91 Å². The van der Waals surface area contributed by atoms with Crippen LogP contribution >= 0.6 is 11.5 Å². The Morgan fingerprint density at radius 1 is 1.24 bits per heavy atom. The number of nitrogen functional groups attached to an aromatic ring is 1. The van der Waals surface area contributed by atoms with Gasteiger partial charge in [-0.2, -0.15) is 4.37 Å². The van der Waals surface area contributed by atoms with Crippen LogP contribution in [0.4, 0.5) is 11.4 Å². The van der Waals surface area contributed by atoms with E-state index in [2.05, 4.69) is 9.69 Å². The second kappa shape index (κ2) is 9.63. The van der Waals surface area contributed by atoms with E-state index in [0.717, 1.165) is 24.4 Å². The number of primary amides is 1. The second-order valence-electron chi connectivity index (χ2n) is 7.70. The van der Waals surface area contributed by atoms with Gasteiger partial charge >= 0.3 is 0 Å². The highest BCUT2D eigenvalue weighted by atomic mass is 32.1. The first kappa shape index (κ1) is 22.8. The van der Waals surface area contributed by atoms with Gasteiger partial charge in [0, 0.05) is 24.9 Å². The topological polar surface area (TPSA) is 159 Å². The van der Waals surface area contributed by atoms with E-state index in [9.17, 15) is 14.4 Å². The molecule has 2 aromatic rings. The zero-order valence-corrected chi connectivity index (χ0v) is 18.9. The average Bonchev–Trinajstić information content (AvgIpc) is 3.47. The number of rotatable bonds is 7. The SMILES string of the molecule is C[C@@H](C(=O)NC[C@H]1CCCO1)N(C(=O)c1snc(C(N)=O)c1N)c1ccc2c(c1)OCCO2. The van der Waals surface area contributed by atoms with Crippen LogP contribution < -0.4 is 31.2 Å². The number of fused-ring (bicyclic) bond motifs is 1. The summed E-state index contributed by atoms with van der Waals surface area (Å²) < 4.78 is 20.7. The molecular formula is C21H25N5O6S. The maximum atomic E-state index is 13.6.